The van der Waals surface area contributed by atoms with Crippen LogP contribution < -0.4 is 0 Å². The summed E-state index contributed by atoms with van der Waals surface area (Å²) in [6.45, 7) is 0. The van der Waals surface area contributed by atoms with Crippen LogP contribution in [-0.4, -0.2) is 9.91 Å². The van der Waals surface area contributed by atoms with E-state index in [1.807, 2.05) is 0 Å². The van der Waals surface area contributed by atoms with Crippen LogP contribution in [0.4, 0.5) is 32.2 Å². The number of hydrogen-bond donors (Lipinski definition) is 0. The number of nitro groups is 1. The highest BCUT2D eigenvalue weighted by molar-refractivity contribution is 5.33. The SMILES string of the molecule is O=[N+]([O-])c1ccc(C(F)(F)F)c(C(F)(F)F)n1. The minimum Gasteiger partial charge on any atom is -0.358 e. The summed E-state index contributed by atoms with van der Waals surface area (Å²) in [6, 6.07) is 0.242. The predicted octanol–water partition coefficient (Wildman–Crippen LogP) is 3.03. The quantitative estimate of drug-likeness (QED) is 0.443. The van der Waals surface area contributed by atoms with Gasteiger partial charge in [-0.2, -0.15) is 26.3 Å². The Balaban J connectivity index is 3.49. The largest absolute Gasteiger partial charge is 0.458 e. The zero-order valence-corrected chi connectivity index (χ0v) is 7.63. The van der Waals surface area contributed by atoms with Crippen molar-refractivity contribution in [3.63, 3.8) is 0 Å². The summed E-state index contributed by atoms with van der Waals surface area (Å²) in [6.07, 6.45) is -10.7. The molecule has 0 saturated heterocycles. The van der Waals surface area contributed by atoms with Gasteiger partial charge in [-0.15, -0.1) is 0 Å². The molecule has 17 heavy (non-hydrogen) atoms. The standard InChI is InChI=1S/C7H2F6N2O2/c8-6(9,10)3-1-2-4(15(16)17)14-5(3)7(11,12)13/h1-2H. The van der Waals surface area contributed by atoms with Gasteiger partial charge in [0.25, 0.3) is 5.69 Å². The Bertz CT molecular complexity index is 453. The summed E-state index contributed by atoms with van der Waals surface area (Å²) in [7, 11) is 0. The number of nitrogens with zero attached hydrogens (tertiary/aromatic N) is 2. The lowest BCUT2D eigenvalue weighted by Crippen LogP contribution is -2.19. The van der Waals surface area contributed by atoms with Crippen LogP contribution in [0.3, 0.4) is 0 Å². The van der Waals surface area contributed by atoms with Gasteiger partial charge in [-0.1, -0.05) is 0 Å². The lowest BCUT2D eigenvalue weighted by Gasteiger charge is -2.10. The first kappa shape index (κ1) is 13.2. The zero-order valence-electron chi connectivity index (χ0n) is 7.63. The van der Waals surface area contributed by atoms with Crippen LogP contribution in [0.25, 0.3) is 0 Å². The maximum atomic E-state index is 12.2. The zero-order chi connectivity index (χ0) is 13.4. The third-order valence-electron chi connectivity index (χ3n) is 1.64. The van der Waals surface area contributed by atoms with Crippen molar-refractivity contribution in [1.29, 1.82) is 0 Å². The topological polar surface area (TPSA) is 56.0 Å². The van der Waals surface area contributed by atoms with Crippen molar-refractivity contribution in [2.45, 2.75) is 12.4 Å². The van der Waals surface area contributed by atoms with Gasteiger partial charge in [0, 0.05) is 6.07 Å². The minimum absolute atomic E-state index is 0.0199. The van der Waals surface area contributed by atoms with Crippen molar-refractivity contribution in [1.82, 2.24) is 4.98 Å². The highest BCUT2D eigenvalue weighted by atomic mass is 19.4. The van der Waals surface area contributed by atoms with Gasteiger partial charge in [-0.25, -0.2) is 0 Å². The second-order valence-electron chi connectivity index (χ2n) is 2.82. The lowest BCUT2D eigenvalue weighted by atomic mass is 10.2. The van der Waals surface area contributed by atoms with Crippen LogP contribution >= 0.6 is 0 Å². The normalized spacial score (nSPS) is 12.6. The monoisotopic (exact) mass is 260 g/mol. The Labute approximate surface area is 89.0 Å². The van der Waals surface area contributed by atoms with Gasteiger partial charge in [0.1, 0.15) is 5.56 Å². The summed E-state index contributed by atoms with van der Waals surface area (Å²) < 4.78 is 73.3. The van der Waals surface area contributed by atoms with E-state index < -0.39 is 34.4 Å². The Morgan fingerprint density at radius 3 is 1.94 bits per heavy atom. The number of hydrogen-bond acceptors (Lipinski definition) is 3. The average molecular weight is 260 g/mol. The maximum absolute atomic E-state index is 12.2. The molecule has 1 aromatic rings. The second-order valence-corrected chi connectivity index (χ2v) is 2.82. The smallest absolute Gasteiger partial charge is 0.358 e. The molecule has 0 spiro atoms. The van der Waals surface area contributed by atoms with E-state index >= 15 is 0 Å². The molecule has 4 nitrogen and oxygen atoms in total. The molecular formula is C7H2F6N2O2. The van der Waals surface area contributed by atoms with Crippen LogP contribution in [0.15, 0.2) is 12.1 Å². The molecule has 0 N–H and O–H groups in total. The van der Waals surface area contributed by atoms with Crippen LogP contribution in [0.5, 0.6) is 0 Å². The number of pyridine rings is 1. The molecule has 0 saturated carbocycles. The molecular weight excluding hydrogens is 258 g/mol. The maximum Gasteiger partial charge on any atom is 0.458 e. The molecule has 1 rings (SSSR count). The van der Waals surface area contributed by atoms with Gasteiger partial charge < -0.3 is 10.1 Å². The first-order valence-electron chi connectivity index (χ1n) is 3.83. The first-order valence-corrected chi connectivity index (χ1v) is 3.83. The van der Waals surface area contributed by atoms with Gasteiger partial charge >= 0.3 is 18.2 Å². The highest BCUT2D eigenvalue weighted by Crippen LogP contribution is 2.39. The molecule has 0 unspecified atom stereocenters. The predicted molar refractivity (Wildman–Crippen MR) is 40.9 cm³/mol. The highest BCUT2D eigenvalue weighted by Gasteiger charge is 2.48. The van der Waals surface area contributed by atoms with E-state index in [1.54, 1.807) is 0 Å². The van der Waals surface area contributed by atoms with Gasteiger partial charge in [0.2, 0.25) is 0 Å². The molecule has 0 aliphatic rings. The molecule has 10 heteroatoms. The molecule has 0 radical (unpaired) electrons. The van der Waals surface area contributed by atoms with Crippen molar-refractivity contribution in [2.24, 2.45) is 0 Å². The molecule has 0 fully saturated rings. The summed E-state index contributed by atoms with van der Waals surface area (Å²) in [5.41, 5.74) is -4.38. The number of rotatable bonds is 1. The number of alkyl halides is 6. The molecule has 1 heterocycles. The Morgan fingerprint density at radius 2 is 1.59 bits per heavy atom. The van der Waals surface area contributed by atoms with Crippen molar-refractivity contribution in [2.75, 3.05) is 0 Å². The third-order valence-corrected chi connectivity index (χ3v) is 1.64. The molecule has 0 atom stereocenters. The van der Waals surface area contributed by atoms with Crippen molar-refractivity contribution >= 4 is 5.82 Å². The van der Waals surface area contributed by atoms with Crippen LogP contribution in [-0.2, 0) is 12.4 Å². The van der Waals surface area contributed by atoms with E-state index in [2.05, 4.69) is 4.98 Å². The van der Waals surface area contributed by atoms with Crippen molar-refractivity contribution in [3.05, 3.63) is 33.5 Å². The van der Waals surface area contributed by atoms with Crippen LogP contribution in [0.1, 0.15) is 11.3 Å². The van der Waals surface area contributed by atoms with Crippen LogP contribution in [0.2, 0.25) is 0 Å². The van der Waals surface area contributed by atoms with Crippen LogP contribution in [0, 0.1) is 10.1 Å². The van der Waals surface area contributed by atoms with E-state index in [0.717, 1.165) is 0 Å². The molecule has 0 amide bonds. The van der Waals surface area contributed by atoms with Gasteiger partial charge in [0.15, 0.2) is 0 Å². The van der Waals surface area contributed by atoms with E-state index in [0.29, 0.717) is 0 Å². The van der Waals surface area contributed by atoms with Gasteiger partial charge in [0.05, 0.1) is 0 Å². The minimum atomic E-state index is -5.42. The van der Waals surface area contributed by atoms with Crippen molar-refractivity contribution < 1.29 is 31.3 Å². The number of aromatic nitrogens is 1. The Kier molecular flexibility index (Phi) is 2.99. The fraction of sp³-hybridized carbons (Fsp3) is 0.286. The van der Waals surface area contributed by atoms with Gasteiger partial charge in [-0.05, 0) is 16.0 Å². The fourth-order valence-electron chi connectivity index (χ4n) is 0.995. The summed E-state index contributed by atoms with van der Waals surface area (Å²) in [5, 5.41) is 10.1. The van der Waals surface area contributed by atoms with E-state index in [9.17, 15) is 36.5 Å². The molecule has 0 aliphatic carbocycles. The summed E-state index contributed by atoms with van der Waals surface area (Å²) in [5.74, 6) is -1.30. The third kappa shape index (κ3) is 2.82. The van der Waals surface area contributed by atoms with E-state index in [1.165, 1.54) is 0 Å². The molecule has 94 valence electrons. The first-order chi connectivity index (χ1) is 7.53. The van der Waals surface area contributed by atoms with Crippen molar-refractivity contribution in [3.8, 4) is 0 Å². The summed E-state index contributed by atoms with van der Waals surface area (Å²) in [4.78, 5) is 11.2. The molecule has 0 aromatic carbocycles. The fourth-order valence-corrected chi connectivity index (χ4v) is 0.995. The molecule has 1 aromatic heterocycles. The average Bonchev–Trinajstić information content (AvgIpc) is 2.14. The molecule has 0 bridgehead atoms. The lowest BCUT2D eigenvalue weighted by molar-refractivity contribution is -0.390. The van der Waals surface area contributed by atoms with Gasteiger partial charge in [-0.3, -0.25) is 0 Å². The number of halogens is 6. The van der Waals surface area contributed by atoms with E-state index in [4.69, 9.17) is 0 Å². The van der Waals surface area contributed by atoms with E-state index in [-0.39, 0.29) is 12.1 Å². The molecule has 0 aliphatic heterocycles. The summed E-state index contributed by atoms with van der Waals surface area (Å²) >= 11 is 0. The second kappa shape index (κ2) is 3.86. The Morgan fingerprint density at radius 1 is 1.06 bits per heavy atom. The Hall–Kier alpha value is -1.87.